The molecule has 1 aromatic carbocycles. The number of hydrogen-bond donors (Lipinski definition) is 1. The van der Waals surface area contributed by atoms with Crippen LogP contribution in [0.4, 0.5) is 14.7 Å². The molecular formula is C14H16F2N4O. The maximum atomic E-state index is 13.7. The van der Waals surface area contributed by atoms with E-state index in [1.807, 2.05) is 0 Å². The van der Waals surface area contributed by atoms with E-state index in [1.165, 1.54) is 4.57 Å². The minimum absolute atomic E-state index is 0.0136. The molecule has 0 radical (unpaired) electrons. The molecule has 0 unspecified atom stereocenters. The zero-order chi connectivity index (χ0) is 15.0. The fraction of sp³-hybridized carbons (Fsp3) is 0.429. The van der Waals surface area contributed by atoms with Crippen LogP contribution in [0, 0.1) is 11.6 Å². The summed E-state index contributed by atoms with van der Waals surface area (Å²) in [5, 5.41) is 0. The molecule has 0 saturated carbocycles. The Hall–Kier alpha value is -2.18. The molecule has 1 aliphatic heterocycles. The van der Waals surface area contributed by atoms with Gasteiger partial charge in [-0.25, -0.2) is 13.8 Å². The molecule has 0 aliphatic carbocycles. The van der Waals surface area contributed by atoms with Gasteiger partial charge in [0, 0.05) is 25.2 Å². The number of imidazole rings is 1. The summed E-state index contributed by atoms with van der Waals surface area (Å²) in [5.74, 6) is -1.59. The third kappa shape index (κ3) is 2.55. The Morgan fingerprint density at radius 2 is 1.95 bits per heavy atom. The van der Waals surface area contributed by atoms with Crippen molar-refractivity contribution in [1.82, 2.24) is 14.5 Å². The van der Waals surface area contributed by atoms with Crippen molar-refractivity contribution in [1.29, 1.82) is 0 Å². The van der Waals surface area contributed by atoms with Crippen LogP contribution in [0.1, 0.15) is 19.3 Å². The molecule has 2 aromatic rings. The molecule has 21 heavy (non-hydrogen) atoms. The molecule has 0 bridgehead atoms. The minimum Gasteiger partial charge on any atom is -0.369 e. The van der Waals surface area contributed by atoms with Gasteiger partial charge in [0.1, 0.15) is 17.9 Å². The first-order chi connectivity index (χ1) is 10.1. The van der Waals surface area contributed by atoms with E-state index in [1.54, 1.807) is 4.90 Å². The summed E-state index contributed by atoms with van der Waals surface area (Å²) in [6.07, 6.45) is 3.08. The number of aromatic nitrogens is 2. The zero-order valence-electron chi connectivity index (χ0n) is 11.5. The van der Waals surface area contributed by atoms with Crippen LogP contribution in [0.25, 0.3) is 11.0 Å². The second-order valence-electron chi connectivity index (χ2n) is 5.25. The molecule has 112 valence electrons. The smallest absolute Gasteiger partial charge is 0.242 e. The van der Waals surface area contributed by atoms with E-state index in [2.05, 4.69) is 4.98 Å². The van der Waals surface area contributed by atoms with Crippen LogP contribution in [-0.2, 0) is 11.3 Å². The van der Waals surface area contributed by atoms with Crippen molar-refractivity contribution < 1.29 is 13.6 Å². The highest BCUT2D eigenvalue weighted by Crippen LogP contribution is 2.22. The fourth-order valence-electron chi connectivity index (χ4n) is 2.71. The van der Waals surface area contributed by atoms with E-state index < -0.39 is 11.6 Å². The second kappa shape index (κ2) is 5.31. The minimum atomic E-state index is -0.777. The number of anilines is 1. The van der Waals surface area contributed by atoms with Crippen LogP contribution in [-0.4, -0.2) is 33.4 Å². The first kappa shape index (κ1) is 13.8. The van der Waals surface area contributed by atoms with Gasteiger partial charge in [-0.1, -0.05) is 0 Å². The Kier molecular flexibility index (Phi) is 3.48. The largest absolute Gasteiger partial charge is 0.369 e. The van der Waals surface area contributed by atoms with Crippen molar-refractivity contribution in [3.63, 3.8) is 0 Å². The molecule has 1 aliphatic rings. The monoisotopic (exact) mass is 294 g/mol. The lowest BCUT2D eigenvalue weighted by atomic mass is 10.1. The lowest BCUT2D eigenvalue weighted by Crippen LogP contribution is -2.37. The fourth-order valence-corrected chi connectivity index (χ4v) is 2.71. The summed E-state index contributed by atoms with van der Waals surface area (Å²) < 4.78 is 28.4. The van der Waals surface area contributed by atoms with Gasteiger partial charge in [-0.3, -0.25) is 4.79 Å². The van der Waals surface area contributed by atoms with Gasteiger partial charge in [-0.2, -0.15) is 0 Å². The van der Waals surface area contributed by atoms with Gasteiger partial charge in [0.05, 0.1) is 5.52 Å². The van der Waals surface area contributed by atoms with E-state index in [0.29, 0.717) is 13.1 Å². The van der Waals surface area contributed by atoms with Gasteiger partial charge in [0.2, 0.25) is 11.9 Å². The predicted molar refractivity (Wildman–Crippen MR) is 74.5 cm³/mol. The van der Waals surface area contributed by atoms with E-state index in [0.717, 1.165) is 31.4 Å². The van der Waals surface area contributed by atoms with Crippen molar-refractivity contribution in [3.8, 4) is 0 Å². The predicted octanol–water partition coefficient (Wildman–Crippen LogP) is 1.91. The maximum Gasteiger partial charge on any atom is 0.242 e. The highest BCUT2D eigenvalue weighted by molar-refractivity contribution is 5.83. The number of fused-ring (bicyclic) bond motifs is 1. The summed E-state index contributed by atoms with van der Waals surface area (Å²) in [4.78, 5) is 17.9. The highest BCUT2D eigenvalue weighted by Gasteiger charge is 2.20. The first-order valence-corrected chi connectivity index (χ1v) is 6.95. The molecular weight excluding hydrogens is 278 g/mol. The number of rotatable bonds is 2. The number of amides is 1. The van der Waals surface area contributed by atoms with Crippen LogP contribution < -0.4 is 5.73 Å². The average Bonchev–Trinajstić information content (AvgIpc) is 2.77. The Morgan fingerprint density at radius 3 is 2.67 bits per heavy atom. The van der Waals surface area contributed by atoms with Gasteiger partial charge in [0.15, 0.2) is 5.82 Å². The van der Waals surface area contributed by atoms with E-state index >= 15 is 0 Å². The highest BCUT2D eigenvalue weighted by atomic mass is 19.1. The molecule has 7 heteroatoms. The van der Waals surface area contributed by atoms with Crippen molar-refractivity contribution in [2.24, 2.45) is 0 Å². The summed E-state index contributed by atoms with van der Waals surface area (Å²) in [7, 11) is 0. The lowest BCUT2D eigenvalue weighted by Gasteiger charge is -2.27. The summed E-state index contributed by atoms with van der Waals surface area (Å²) in [6.45, 7) is 1.38. The SMILES string of the molecule is Nc1nc2c(F)cc(F)cc2n1CC(=O)N1CCCCC1. The molecule has 2 N–H and O–H groups in total. The number of nitrogens with two attached hydrogens (primary N) is 1. The van der Waals surface area contributed by atoms with Crippen LogP contribution >= 0.6 is 0 Å². The second-order valence-corrected chi connectivity index (χ2v) is 5.25. The number of likely N-dealkylation sites (tertiary alicyclic amines) is 1. The summed E-state index contributed by atoms with van der Waals surface area (Å²) in [6, 6.07) is 1.90. The molecule has 3 rings (SSSR count). The Bertz CT molecular complexity index is 692. The standard InChI is InChI=1S/C14H16F2N4O/c15-9-6-10(16)13-11(7-9)20(14(17)18-13)8-12(21)19-4-2-1-3-5-19/h6-7H,1-5,8H2,(H2,17,18). The number of benzene rings is 1. The topological polar surface area (TPSA) is 64.1 Å². The average molecular weight is 294 g/mol. The molecule has 2 heterocycles. The van der Waals surface area contributed by atoms with E-state index in [4.69, 9.17) is 5.73 Å². The molecule has 1 fully saturated rings. The molecule has 0 atom stereocenters. The van der Waals surface area contributed by atoms with Crippen LogP contribution in [0.2, 0.25) is 0 Å². The lowest BCUT2D eigenvalue weighted by molar-refractivity contribution is -0.132. The van der Waals surface area contributed by atoms with Crippen LogP contribution in [0.15, 0.2) is 12.1 Å². The number of carbonyl (C=O) groups is 1. The third-order valence-electron chi connectivity index (χ3n) is 3.80. The van der Waals surface area contributed by atoms with Crippen molar-refractivity contribution >= 4 is 22.9 Å². The van der Waals surface area contributed by atoms with Crippen molar-refractivity contribution in [2.75, 3.05) is 18.8 Å². The van der Waals surface area contributed by atoms with Gasteiger partial charge < -0.3 is 15.2 Å². The molecule has 0 spiro atoms. The van der Waals surface area contributed by atoms with Crippen molar-refractivity contribution in [2.45, 2.75) is 25.8 Å². The molecule has 1 amide bonds. The molecule has 5 nitrogen and oxygen atoms in total. The number of nitrogen functional groups attached to an aromatic ring is 1. The molecule has 1 saturated heterocycles. The van der Waals surface area contributed by atoms with Gasteiger partial charge in [-0.05, 0) is 19.3 Å². The van der Waals surface area contributed by atoms with Crippen molar-refractivity contribution in [3.05, 3.63) is 23.8 Å². The summed E-state index contributed by atoms with van der Waals surface area (Å²) >= 11 is 0. The number of piperidine rings is 1. The Morgan fingerprint density at radius 1 is 1.24 bits per heavy atom. The number of carbonyl (C=O) groups excluding carboxylic acids is 1. The quantitative estimate of drug-likeness (QED) is 0.920. The summed E-state index contributed by atoms with van der Waals surface area (Å²) in [5.41, 5.74) is 5.93. The maximum absolute atomic E-state index is 13.7. The normalized spacial score (nSPS) is 15.6. The van der Waals surface area contributed by atoms with Crippen LogP contribution in [0.3, 0.4) is 0 Å². The number of halogens is 2. The Balaban J connectivity index is 1.93. The zero-order valence-corrected chi connectivity index (χ0v) is 11.5. The first-order valence-electron chi connectivity index (χ1n) is 6.95. The number of nitrogens with zero attached hydrogens (tertiary/aromatic N) is 3. The number of hydrogen-bond acceptors (Lipinski definition) is 3. The molecule has 1 aromatic heterocycles. The van der Waals surface area contributed by atoms with Crippen LogP contribution in [0.5, 0.6) is 0 Å². The van der Waals surface area contributed by atoms with Gasteiger partial charge in [0.25, 0.3) is 0 Å². The Labute approximate surface area is 120 Å². The van der Waals surface area contributed by atoms with Gasteiger partial charge >= 0.3 is 0 Å². The van der Waals surface area contributed by atoms with E-state index in [9.17, 15) is 13.6 Å². The third-order valence-corrected chi connectivity index (χ3v) is 3.80. The van der Waals surface area contributed by atoms with Gasteiger partial charge in [-0.15, -0.1) is 0 Å². The van der Waals surface area contributed by atoms with E-state index in [-0.39, 0.29) is 29.4 Å².